The van der Waals surface area contributed by atoms with E-state index in [1.54, 1.807) is 0 Å². The average Bonchev–Trinajstić information content (AvgIpc) is 2.93. The van der Waals surface area contributed by atoms with Gasteiger partial charge in [-0.2, -0.15) is 16.9 Å². The van der Waals surface area contributed by atoms with E-state index in [0.29, 0.717) is 0 Å². The van der Waals surface area contributed by atoms with Gasteiger partial charge >= 0.3 is 0 Å². The van der Waals surface area contributed by atoms with Crippen molar-refractivity contribution in [2.24, 2.45) is 7.05 Å². The lowest BCUT2D eigenvalue weighted by molar-refractivity contribution is 0.748. The van der Waals surface area contributed by atoms with E-state index in [0.717, 1.165) is 18.2 Å². The first kappa shape index (κ1) is 8.65. The zero-order valence-electron chi connectivity index (χ0n) is 8.42. The number of aromatic nitrogens is 2. The number of hydrogen-bond donors (Lipinski definition) is 1. The minimum absolute atomic E-state index is 0.724. The van der Waals surface area contributed by atoms with E-state index >= 15 is 0 Å². The summed E-state index contributed by atoms with van der Waals surface area (Å²) in [4.78, 5) is 0. The Labute approximate surface area is 88.3 Å². The molecule has 1 fully saturated rings. The van der Waals surface area contributed by atoms with Crippen LogP contribution in [-0.4, -0.2) is 21.6 Å². The molecule has 1 aromatic rings. The first-order valence-corrected chi connectivity index (χ1v) is 6.39. The van der Waals surface area contributed by atoms with Crippen molar-refractivity contribution in [3.8, 4) is 0 Å². The van der Waals surface area contributed by atoms with E-state index in [9.17, 15) is 0 Å². The first-order chi connectivity index (χ1) is 6.84. The molecule has 1 saturated carbocycles. The molecule has 0 unspecified atom stereocenters. The maximum absolute atomic E-state index is 4.57. The molecule has 0 saturated heterocycles. The van der Waals surface area contributed by atoms with Gasteiger partial charge in [0.15, 0.2) is 0 Å². The van der Waals surface area contributed by atoms with Crippen molar-refractivity contribution in [1.82, 2.24) is 9.78 Å². The SMILES string of the molecule is Cn1nc2c(c1NC1CC1)CSCC2. The molecule has 3 rings (SSSR count). The van der Waals surface area contributed by atoms with Crippen LogP contribution in [-0.2, 0) is 19.2 Å². The van der Waals surface area contributed by atoms with Gasteiger partial charge in [0, 0.05) is 30.8 Å². The molecule has 2 heterocycles. The van der Waals surface area contributed by atoms with Crippen molar-refractivity contribution < 1.29 is 0 Å². The molecule has 2 aliphatic rings. The van der Waals surface area contributed by atoms with Crippen LogP contribution in [0.5, 0.6) is 0 Å². The van der Waals surface area contributed by atoms with E-state index in [1.165, 1.54) is 35.7 Å². The first-order valence-electron chi connectivity index (χ1n) is 5.23. The molecule has 0 aromatic carbocycles. The molecule has 1 aromatic heterocycles. The van der Waals surface area contributed by atoms with E-state index in [1.807, 2.05) is 23.5 Å². The van der Waals surface area contributed by atoms with Crippen molar-refractivity contribution in [2.45, 2.75) is 31.1 Å². The normalized spacial score (nSPS) is 20.6. The molecule has 1 N–H and O–H groups in total. The minimum Gasteiger partial charge on any atom is -0.367 e. The van der Waals surface area contributed by atoms with E-state index in [2.05, 4.69) is 10.4 Å². The Morgan fingerprint density at radius 3 is 3.14 bits per heavy atom. The number of thioether (sulfide) groups is 1. The molecule has 1 aliphatic heterocycles. The highest BCUT2D eigenvalue weighted by Crippen LogP contribution is 2.33. The monoisotopic (exact) mass is 209 g/mol. The van der Waals surface area contributed by atoms with Gasteiger partial charge in [-0.25, -0.2) is 0 Å². The van der Waals surface area contributed by atoms with Gasteiger partial charge in [0.2, 0.25) is 0 Å². The van der Waals surface area contributed by atoms with Crippen LogP contribution in [0.15, 0.2) is 0 Å². The summed E-state index contributed by atoms with van der Waals surface area (Å²) in [6.07, 6.45) is 3.79. The summed E-state index contributed by atoms with van der Waals surface area (Å²) in [5.74, 6) is 3.64. The van der Waals surface area contributed by atoms with Gasteiger partial charge in [0.1, 0.15) is 5.82 Å². The lowest BCUT2D eigenvalue weighted by Crippen LogP contribution is -2.08. The van der Waals surface area contributed by atoms with Crippen molar-refractivity contribution >= 4 is 17.6 Å². The lowest BCUT2D eigenvalue weighted by atomic mass is 10.2. The van der Waals surface area contributed by atoms with Gasteiger partial charge < -0.3 is 5.32 Å². The number of fused-ring (bicyclic) bond motifs is 1. The van der Waals surface area contributed by atoms with Crippen LogP contribution in [0, 0.1) is 0 Å². The highest BCUT2D eigenvalue weighted by atomic mass is 32.2. The number of rotatable bonds is 2. The molecule has 3 nitrogen and oxygen atoms in total. The molecular weight excluding hydrogens is 194 g/mol. The third kappa shape index (κ3) is 1.41. The number of anilines is 1. The predicted molar refractivity (Wildman–Crippen MR) is 59.7 cm³/mol. The van der Waals surface area contributed by atoms with Crippen molar-refractivity contribution in [1.29, 1.82) is 0 Å². The molecule has 4 heteroatoms. The van der Waals surface area contributed by atoms with Crippen LogP contribution in [0.1, 0.15) is 24.1 Å². The lowest BCUT2D eigenvalue weighted by Gasteiger charge is -2.12. The molecule has 0 atom stereocenters. The second kappa shape index (κ2) is 3.19. The highest BCUT2D eigenvalue weighted by Gasteiger charge is 2.26. The van der Waals surface area contributed by atoms with Gasteiger partial charge in [-0.3, -0.25) is 4.68 Å². The summed E-state index contributed by atoms with van der Waals surface area (Å²) in [7, 11) is 2.05. The molecule has 1 aliphatic carbocycles. The summed E-state index contributed by atoms with van der Waals surface area (Å²) >= 11 is 2.02. The maximum Gasteiger partial charge on any atom is 0.128 e. The zero-order valence-corrected chi connectivity index (χ0v) is 9.23. The van der Waals surface area contributed by atoms with Crippen molar-refractivity contribution in [2.75, 3.05) is 11.1 Å². The van der Waals surface area contributed by atoms with Crippen LogP contribution < -0.4 is 5.32 Å². The quantitative estimate of drug-likeness (QED) is 0.805. The largest absolute Gasteiger partial charge is 0.367 e. The average molecular weight is 209 g/mol. The van der Waals surface area contributed by atoms with Gasteiger partial charge in [-0.05, 0) is 18.6 Å². The second-order valence-corrected chi connectivity index (χ2v) is 5.22. The Morgan fingerprint density at radius 2 is 2.36 bits per heavy atom. The minimum atomic E-state index is 0.724. The smallest absolute Gasteiger partial charge is 0.128 e. The highest BCUT2D eigenvalue weighted by molar-refractivity contribution is 7.98. The Bertz CT molecular complexity index is 354. The molecule has 14 heavy (non-hydrogen) atoms. The van der Waals surface area contributed by atoms with Gasteiger partial charge in [-0.1, -0.05) is 0 Å². The van der Waals surface area contributed by atoms with E-state index in [-0.39, 0.29) is 0 Å². The summed E-state index contributed by atoms with van der Waals surface area (Å²) in [5, 5.41) is 8.15. The molecule has 0 spiro atoms. The fourth-order valence-electron chi connectivity index (χ4n) is 1.92. The van der Waals surface area contributed by atoms with E-state index < -0.39 is 0 Å². The van der Waals surface area contributed by atoms with Crippen LogP contribution in [0.25, 0.3) is 0 Å². The second-order valence-electron chi connectivity index (χ2n) is 4.12. The molecule has 0 bridgehead atoms. The number of nitrogens with zero attached hydrogens (tertiary/aromatic N) is 2. The Hall–Kier alpha value is -0.640. The third-order valence-electron chi connectivity index (χ3n) is 2.88. The molecule has 76 valence electrons. The Balaban J connectivity index is 1.94. The molecule has 0 radical (unpaired) electrons. The Kier molecular flexibility index (Phi) is 1.97. The maximum atomic E-state index is 4.57. The van der Waals surface area contributed by atoms with Crippen molar-refractivity contribution in [3.63, 3.8) is 0 Å². The summed E-state index contributed by atoms with van der Waals surface area (Å²) in [6.45, 7) is 0. The van der Waals surface area contributed by atoms with Gasteiger partial charge in [-0.15, -0.1) is 0 Å². The zero-order chi connectivity index (χ0) is 9.54. The van der Waals surface area contributed by atoms with Crippen LogP contribution in [0.3, 0.4) is 0 Å². The van der Waals surface area contributed by atoms with Crippen LogP contribution in [0.4, 0.5) is 5.82 Å². The van der Waals surface area contributed by atoms with E-state index in [4.69, 9.17) is 0 Å². The topological polar surface area (TPSA) is 29.9 Å². The van der Waals surface area contributed by atoms with Crippen LogP contribution in [0.2, 0.25) is 0 Å². The summed E-state index contributed by atoms with van der Waals surface area (Å²) in [6, 6.07) is 0.724. The predicted octanol–water partition coefficient (Wildman–Crippen LogP) is 1.78. The third-order valence-corrected chi connectivity index (χ3v) is 3.86. The molecular formula is C10H15N3S. The molecule has 0 amide bonds. The fourth-order valence-corrected chi connectivity index (χ4v) is 2.91. The van der Waals surface area contributed by atoms with Gasteiger partial charge in [0.05, 0.1) is 5.69 Å². The van der Waals surface area contributed by atoms with Gasteiger partial charge in [0.25, 0.3) is 0 Å². The summed E-state index contributed by atoms with van der Waals surface area (Å²) in [5.41, 5.74) is 2.77. The number of nitrogens with one attached hydrogen (secondary N) is 1. The number of aryl methyl sites for hydroxylation is 2. The summed E-state index contributed by atoms with van der Waals surface area (Å²) < 4.78 is 2.02. The number of hydrogen-bond acceptors (Lipinski definition) is 3. The van der Waals surface area contributed by atoms with Crippen LogP contribution >= 0.6 is 11.8 Å². The Morgan fingerprint density at radius 1 is 1.50 bits per heavy atom. The standard InChI is InChI=1S/C10H15N3S/c1-13-10(11-7-2-3-7)8-6-14-5-4-9(8)12-13/h7,11H,2-6H2,1H3. The van der Waals surface area contributed by atoms with Crippen molar-refractivity contribution in [3.05, 3.63) is 11.3 Å². The fraction of sp³-hybridized carbons (Fsp3) is 0.700.